The van der Waals surface area contributed by atoms with Crippen LogP contribution in [0.4, 0.5) is 4.79 Å². The first-order chi connectivity index (χ1) is 16.6. The van der Waals surface area contributed by atoms with Crippen LogP contribution in [0.3, 0.4) is 0 Å². The second kappa shape index (κ2) is 11.4. The number of unbranched alkanes of at least 4 members (excludes halogenated alkanes) is 1. The first-order valence-electron chi connectivity index (χ1n) is 11.8. The van der Waals surface area contributed by atoms with Crippen molar-refractivity contribution in [1.82, 2.24) is 10.2 Å². The topological polar surface area (TPSA) is 105 Å². The van der Waals surface area contributed by atoms with E-state index in [9.17, 15) is 19.5 Å². The number of nitrogens with one attached hydrogen (secondary N) is 1. The van der Waals surface area contributed by atoms with Crippen molar-refractivity contribution < 1.29 is 29.0 Å². The number of amides is 1. The number of carbonyl (C=O) groups is 3. The molecular formula is C27H34N2O6. The summed E-state index contributed by atoms with van der Waals surface area (Å²) in [5.74, 6) is -1.42. The molecule has 2 aromatic carbocycles. The number of fused-ring (bicyclic) bond motifs is 3. The Bertz CT molecular complexity index is 1020. The summed E-state index contributed by atoms with van der Waals surface area (Å²) in [5, 5.41) is 13.1. The van der Waals surface area contributed by atoms with E-state index < -0.39 is 29.7 Å². The molecule has 1 amide bonds. The van der Waals surface area contributed by atoms with Gasteiger partial charge in [0.1, 0.15) is 11.6 Å². The third-order valence-corrected chi connectivity index (χ3v) is 5.86. The maximum atomic E-state index is 13.0. The number of carbonyl (C=O) groups excluding carboxylic acids is 2. The van der Waals surface area contributed by atoms with Gasteiger partial charge in [-0.2, -0.15) is 0 Å². The van der Waals surface area contributed by atoms with Crippen LogP contribution in [0.25, 0.3) is 11.1 Å². The monoisotopic (exact) mass is 482 g/mol. The van der Waals surface area contributed by atoms with Gasteiger partial charge in [0.05, 0.1) is 19.7 Å². The maximum Gasteiger partial charge on any atom is 0.411 e. The molecule has 0 spiro atoms. The lowest BCUT2D eigenvalue weighted by molar-refractivity contribution is -0.153. The number of carboxylic acid groups (broad SMARTS) is 1. The minimum Gasteiger partial charge on any atom is -0.480 e. The lowest BCUT2D eigenvalue weighted by Crippen LogP contribution is -2.47. The standard InChI is InChI=1S/C27H34N2O6/c1-27(2,3)35-23(30)17-28-16-10-9-15-22(25(31)32)29(26(33)34-4)24-20-13-7-5-11-18(20)19-12-6-8-14-21(19)24/h5-8,11-14,22,24,28H,9-10,15-17H2,1-4H3,(H,31,32)/t22-/m0/s1. The second-order valence-electron chi connectivity index (χ2n) is 9.57. The number of rotatable bonds is 10. The third kappa shape index (κ3) is 6.39. The molecule has 0 saturated carbocycles. The highest BCUT2D eigenvalue weighted by atomic mass is 16.6. The van der Waals surface area contributed by atoms with Gasteiger partial charge in [-0.25, -0.2) is 9.59 Å². The molecule has 0 aromatic heterocycles. The molecule has 3 rings (SSSR count). The molecule has 35 heavy (non-hydrogen) atoms. The molecule has 2 N–H and O–H groups in total. The largest absolute Gasteiger partial charge is 0.480 e. The van der Waals surface area contributed by atoms with E-state index in [4.69, 9.17) is 9.47 Å². The number of hydrogen-bond acceptors (Lipinski definition) is 6. The molecule has 8 nitrogen and oxygen atoms in total. The van der Waals surface area contributed by atoms with Crippen molar-refractivity contribution in [2.45, 2.75) is 57.7 Å². The molecule has 1 aliphatic carbocycles. The van der Waals surface area contributed by atoms with E-state index in [0.717, 1.165) is 22.3 Å². The number of hydrogen-bond donors (Lipinski definition) is 2. The van der Waals surface area contributed by atoms with Gasteiger partial charge in [0.2, 0.25) is 0 Å². The highest BCUT2D eigenvalue weighted by Gasteiger charge is 2.41. The summed E-state index contributed by atoms with van der Waals surface area (Å²) in [5.41, 5.74) is 3.19. The van der Waals surface area contributed by atoms with Crippen LogP contribution in [0.5, 0.6) is 0 Å². The molecule has 0 heterocycles. The summed E-state index contributed by atoms with van der Waals surface area (Å²) in [6, 6.07) is 13.8. The maximum absolute atomic E-state index is 13.0. The smallest absolute Gasteiger partial charge is 0.411 e. The van der Waals surface area contributed by atoms with Gasteiger partial charge in [-0.3, -0.25) is 9.69 Å². The summed E-state index contributed by atoms with van der Waals surface area (Å²) in [6.45, 7) is 6.05. The zero-order chi connectivity index (χ0) is 25.6. The fraction of sp³-hybridized carbons (Fsp3) is 0.444. The molecule has 2 aromatic rings. The fourth-order valence-corrected chi connectivity index (χ4v) is 4.48. The van der Waals surface area contributed by atoms with Crippen LogP contribution in [-0.4, -0.2) is 59.9 Å². The van der Waals surface area contributed by atoms with E-state index in [2.05, 4.69) is 5.32 Å². The van der Waals surface area contributed by atoms with Crippen LogP contribution in [0.2, 0.25) is 0 Å². The van der Waals surface area contributed by atoms with Gasteiger partial charge in [-0.1, -0.05) is 48.5 Å². The minimum absolute atomic E-state index is 0.0869. The van der Waals surface area contributed by atoms with Crippen LogP contribution >= 0.6 is 0 Å². The van der Waals surface area contributed by atoms with Gasteiger partial charge in [0.15, 0.2) is 0 Å². The van der Waals surface area contributed by atoms with Crippen molar-refractivity contribution in [1.29, 1.82) is 0 Å². The van der Waals surface area contributed by atoms with E-state index in [1.54, 1.807) is 0 Å². The molecule has 1 atom stereocenters. The molecule has 0 bridgehead atoms. The Hall–Kier alpha value is -3.39. The first kappa shape index (κ1) is 26.2. The molecule has 0 unspecified atom stereocenters. The van der Waals surface area contributed by atoms with Crippen molar-refractivity contribution >= 4 is 18.0 Å². The first-order valence-corrected chi connectivity index (χ1v) is 11.8. The average molecular weight is 483 g/mol. The van der Waals surface area contributed by atoms with Gasteiger partial charge in [0.25, 0.3) is 0 Å². The van der Waals surface area contributed by atoms with Crippen molar-refractivity contribution in [3.8, 4) is 11.1 Å². The summed E-state index contributed by atoms with van der Waals surface area (Å²) in [6.07, 6.45) is 0.748. The zero-order valence-corrected chi connectivity index (χ0v) is 20.7. The quantitative estimate of drug-likeness (QED) is 0.382. The van der Waals surface area contributed by atoms with Crippen LogP contribution in [0.1, 0.15) is 57.2 Å². The molecule has 188 valence electrons. The third-order valence-electron chi connectivity index (χ3n) is 5.86. The Kier molecular flexibility index (Phi) is 8.51. The van der Waals surface area contributed by atoms with E-state index in [0.29, 0.717) is 19.4 Å². The molecule has 1 aliphatic rings. The van der Waals surface area contributed by atoms with Crippen molar-refractivity contribution in [2.75, 3.05) is 20.2 Å². The predicted octanol–water partition coefficient (Wildman–Crippen LogP) is 4.38. The van der Waals surface area contributed by atoms with Gasteiger partial charge in [-0.15, -0.1) is 0 Å². The van der Waals surface area contributed by atoms with Crippen molar-refractivity contribution in [3.05, 3.63) is 59.7 Å². The van der Waals surface area contributed by atoms with E-state index >= 15 is 0 Å². The minimum atomic E-state index is -1.08. The highest BCUT2D eigenvalue weighted by molar-refractivity contribution is 5.85. The molecule has 0 aliphatic heterocycles. The van der Waals surface area contributed by atoms with Gasteiger partial charge in [-0.05, 0) is 68.8 Å². The van der Waals surface area contributed by atoms with Crippen LogP contribution < -0.4 is 5.32 Å². The lowest BCUT2D eigenvalue weighted by atomic mass is 9.99. The van der Waals surface area contributed by atoms with E-state index in [1.807, 2.05) is 69.3 Å². The number of aliphatic carboxylic acids is 1. The number of esters is 1. The second-order valence-corrected chi connectivity index (χ2v) is 9.57. The van der Waals surface area contributed by atoms with Crippen LogP contribution in [0, 0.1) is 0 Å². The summed E-state index contributed by atoms with van der Waals surface area (Å²) in [7, 11) is 1.27. The molecule has 8 heteroatoms. The highest BCUT2D eigenvalue weighted by Crippen LogP contribution is 2.47. The van der Waals surface area contributed by atoms with E-state index in [-0.39, 0.29) is 18.9 Å². The molecule has 0 fully saturated rings. The van der Waals surface area contributed by atoms with Gasteiger partial charge in [0, 0.05) is 0 Å². The van der Waals surface area contributed by atoms with Crippen molar-refractivity contribution in [2.24, 2.45) is 0 Å². The lowest BCUT2D eigenvalue weighted by Gasteiger charge is -2.34. The van der Waals surface area contributed by atoms with Crippen molar-refractivity contribution in [3.63, 3.8) is 0 Å². The SMILES string of the molecule is COC(=O)N(C1c2ccccc2-c2ccccc21)[C@@H](CCCCNCC(=O)OC(C)(C)C)C(=O)O. The number of nitrogens with zero attached hydrogens (tertiary/aromatic N) is 1. The Morgan fingerprint density at radius 1 is 1.00 bits per heavy atom. The predicted molar refractivity (Wildman–Crippen MR) is 132 cm³/mol. The fourth-order valence-electron chi connectivity index (χ4n) is 4.48. The number of methoxy groups -OCH3 is 1. The van der Waals surface area contributed by atoms with Crippen LogP contribution in [0.15, 0.2) is 48.5 Å². The normalized spacial score (nSPS) is 13.5. The summed E-state index contributed by atoms with van der Waals surface area (Å²) < 4.78 is 10.3. The van der Waals surface area contributed by atoms with Gasteiger partial charge >= 0.3 is 18.0 Å². The Labute approximate surface area is 206 Å². The zero-order valence-electron chi connectivity index (χ0n) is 20.7. The summed E-state index contributed by atoms with van der Waals surface area (Å²) in [4.78, 5) is 38.5. The van der Waals surface area contributed by atoms with Gasteiger partial charge < -0.3 is 19.9 Å². The summed E-state index contributed by atoms with van der Waals surface area (Å²) >= 11 is 0. The molecule has 0 radical (unpaired) electrons. The van der Waals surface area contributed by atoms with Crippen LogP contribution in [-0.2, 0) is 19.1 Å². The van der Waals surface area contributed by atoms with E-state index in [1.165, 1.54) is 12.0 Å². The Balaban J connectivity index is 1.71. The number of carboxylic acids is 1. The number of benzene rings is 2. The molecular weight excluding hydrogens is 448 g/mol. The Morgan fingerprint density at radius 2 is 1.57 bits per heavy atom. The molecule has 0 saturated heterocycles. The Morgan fingerprint density at radius 3 is 2.09 bits per heavy atom. The average Bonchev–Trinajstić information content (AvgIpc) is 3.13. The number of ether oxygens (including phenoxy) is 2.